The number of nitrogens with one attached hydrogen (secondary N) is 5. The molecule has 0 fully saturated rings. The Labute approximate surface area is 691 Å². The van der Waals surface area contributed by atoms with Crippen molar-refractivity contribution in [2.45, 2.75) is 21.1 Å². The van der Waals surface area contributed by atoms with Gasteiger partial charge in [0.05, 0.1) is 60.1 Å². The molecule has 8 N–H and O–H groups in total. The summed E-state index contributed by atoms with van der Waals surface area (Å²) in [6.07, 6.45) is -0.393. The maximum absolute atomic E-state index is 15.0. The van der Waals surface area contributed by atoms with Crippen molar-refractivity contribution in [1.82, 2.24) is 39.0 Å². The van der Waals surface area contributed by atoms with E-state index in [0.717, 1.165) is 44.3 Å². The summed E-state index contributed by atoms with van der Waals surface area (Å²) in [5, 5.41) is 19.6. The highest BCUT2D eigenvalue weighted by Crippen LogP contribution is 2.48. The van der Waals surface area contributed by atoms with Crippen LogP contribution >= 0.6 is 0 Å². The lowest BCUT2D eigenvalue weighted by atomic mass is 9.80. The third-order valence-corrected chi connectivity index (χ3v) is 23.6. The lowest BCUT2D eigenvalue weighted by Gasteiger charge is -2.26. The average molecular weight is 1680 g/mol. The zero-order valence-corrected chi connectivity index (χ0v) is 66.1. The van der Waals surface area contributed by atoms with E-state index in [4.69, 9.17) is 14.5 Å². The van der Waals surface area contributed by atoms with E-state index in [1.54, 1.807) is 103 Å². The summed E-state index contributed by atoms with van der Waals surface area (Å²) < 4.78 is 125. The molecule has 30 nitrogen and oxygen atoms in total. The SMILES string of the molecule is Cn1c(=O)c(C(=O)c2ccccc2)c2c3c(c(Nc4ccc(S(=O)(=O)O)c(Cc5nc(NCCNc6nc(Nc7ccc(S(=O)(=O)O)c(Nc8ccc9c%10c8C(=O)c8ccccc8-c%10c(C(=O)c8cccc(S(=O)(=O)O)c8)c(=O)n9C)c7)nc(Oc7ccc8ccccc8c7)n6)nc(Oc6ccc7ccccc7c6)n5)c4)ccc31)C(=O)c1ccccc1-2. The molecule has 2 aliphatic carbocycles. The van der Waals surface area contributed by atoms with E-state index in [1.165, 1.54) is 85.4 Å². The number of benzene rings is 12. The summed E-state index contributed by atoms with van der Waals surface area (Å²) in [5.74, 6) is -2.30. The van der Waals surface area contributed by atoms with Gasteiger partial charge in [0.25, 0.3) is 41.5 Å². The maximum Gasteiger partial charge on any atom is 0.328 e. The molecule has 16 aromatic rings. The number of ketones is 4. The van der Waals surface area contributed by atoms with Crippen molar-refractivity contribution in [2.24, 2.45) is 14.1 Å². The van der Waals surface area contributed by atoms with E-state index < -0.39 is 91.3 Å². The Morgan fingerprint density at radius 3 is 1.40 bits per heavy atom. The molecule has 602 valence electrons. The second-order valence-corrected chi connectivity index (χ2v) is 32.7. The second kappa shape index (κ2) is 30.5. The Hall–Kier alpha value is -15.4. The average Bonchev–Trinajstić information content (AvgIpc) is 0.711. The van der Waals surface area contributed by atoms with Crippen LogP contribution in [0.3, 0.4) is 0 Å². The van der Waals surface area contributed by atoms with Crippen LogP contribution in [-0.4, -0.2) is 114 Å². The van der Waals surface area contributed by atoms with Gasteiger partial charge in [-0.15, -0.1) is 0 Å². The van der Waals surface area contributed by atoms with Crippen LogP contribution in [0.15, 0.2) is 273 Å². The number of hydrogen-bond acceptors (Lipinski definition) is 25. The molecular weight excluding hydrogens is 1620 g/mol. The number of aromatic nitrogens is 8. The molecular formula is C89H61N13O17S3. The van der Waals surface area contributed by atoms with Gasteiger partial charge in [-0.1, -0.05) is 152 Å². The van der Waals surface area contributed by atoms with Crippen LogP contribution in [0.25, 0.3) is 65.6 Å². The standard InChI is InChI=1S/C89H61N13O17S3/c1-101-66-35-33-63(73-75(66)71(59-23-10-12-25-61(59)81(73)105)77(83(101)107)79(103)49-17-4-3-5-18-49)92-54-29-37-68(121(112,113)114)53(41-54)45-70-95-85(98-88(96-70)118-56-31-27-47-15-6-8-19-50(47)42-56)90-39-40-91-86-97-87(100-89(99-86)119-57-32-28-48-16-7-9-20-51(48)43-57)93-55-30-38-69(122(115,116)117)65(46-55)94-64-34-36-67-76-72(60-24-11-13-26-62(60)82(106)74(64)76)78(84(108)102(67)2)80(104)52-21-14-22-58(44-52)120(109,110)111/h3-38,41-44,46,92,94H,39-40,45H2,1-2H3,(H,109,110,111)(H,112,113,114)(H,115,116,117)(H,90,95,96,98)(H2,91,93,97,99,100). The summed E-state index contributed by atoms with van der Waals surface area (Å²) in [7, 11) is -12.0. The summed E-state index contributed by atoms with van der Waals surface area (Å²) in [6, 6.07) is 64.7. The van der Waals surface area contributed by atoms with E-state index in [2.05, 4.69) is 51.5 Å². The van der Waals surface area contributed by atoms with Gasteiger partial charge in [-0.3, -0.25) is 42.4 Å². The number of ether oxygens (including phenoxy) is 2. The topological polar surface area (TPSA) is 431 Å². The van der Waals surface area contributed by atoms with Crippen LogP contribution in [0.2, 0.25) is 0 Å². The number of rotatable bonds is 24. The molecule has 0 spiro atoms. The number of anilines is 8. The van der Waals surface area contributed by atoms with E-state index in [0.29, 0.717) is 28.0 Å². The van der Waals surface area contributed by atoms with E-state index in [-0.39, 0.29) is 149 Å². The van der Waals surface area contributed by atoms with Gasteiger partial charge in [-0.2, -0.15) is 55.2 Å². The number of carbonyl (C=O) groups excluding carboxylic acids is 4. The first-order valence-corrected chi connectivity index (χ1v) is 41.7. The van der Waals surface area contributed by atoms with Gasteiger partial charge in [0.1, 0.15) is 22.2 Å². The fraction of sp³-hybridized carbons (Fsp3) is 0.0562. The molecule has 2 aliphatic rings. The number of carbonyl (C=O) groups is 4. The van der Waals surface area contributed by atoms with Gasteiger partial charge >= 0.3 is 12.0 Å². The first-order chi connectivity index (χ1) is 58.6. The Balaban J connectivity index is 0.667. The van der Waals surface area contributed by atoms with Crippen molar-refractivity contribution in [1.29, 1.82) is 0 Å². The number of nitrogens with zero attached hydrogens (tertiary/aromatic N) is 8. The minimum atomic E-state index is -5.10. The van der Waals surface area contributed by atoms with E-state index in [1.807, 2.05) is 60.7 Å². The van der Waals surface area contributed by atoms with Crippen molar-refractivity contribution < 1.29 is 67.6 Å². The molecule has 33 heteroatoms. The predicted octanol–water partition coefficient (Wildman–Crippen LogP) is 14.6. The minimum absolute atomic E-state index is 0.00501. The first kappa shape index (κ1) is 77.8. The van der Waals surface area contributed by atoms with Gasteiger partial charge in [0.15, 0.2) is 23.1 Å². The highest BCUT2D eigenvalue weighted by Gasteiger charge is 2.38. The third-order valence-electron chi connectivity index (χ3n) is 20.9. The van der Waals surface area contributed by atoms with Crippen LogP contribution in [0.1, 0.15) is 75.1 Å². The van der Waals surface area contributed by atoms with Crippen LogP contribution in [-0.2, 0) is 50.9 Å². The van der Waals surface area contributed by atoms with Gasteiger partial charge in [-0.25, -0.2) is 0 Å². The molecule has 18 rings (SSSR count). The highest BCUT2D eigenvalue weighted by molar-refractivity contribution is 7.86. The molecule has 0 saturated carbocycles. The largest absolute Gasteiger partial charge is 0.424 e. The van der Waals surface area contributed by atoms with Crippen molar-refractivity contribution in [2.75, 3.05) is 39.7 Å². The Kier molecular flexibility index (Phi) is 19.5. The van der Waals surface area contributed by atoms with Crippen LogP contribution < -0.4 is 47.2 Å². The first-order valence-electron chi connectivity index (χ1n) is 37.4. The molecule has 0 atom stereocenters. The normalized spacial score (nSPS) is 12.3. The Morgan fingerprint density at radius 1 is 0.385 bits per heavy atom. The number of hydrogen-bond donors (Lipinski definition) is 8. The molecule has 0 bridgehead atoms. The lowest BCUT2D eigenvalue weighted by molar-refractivity contribution is 0.102. The summed E-state index contributed by atoms with van der Waals surface area (Å²) in [6.45, 7) is -0.0356. The second-order valence-electron chi connectivity index (χ2n) is 28.5. The number of aryl methyl sites for hydroxylation is 2. The highest BCUT2D eigenvalue weighted by atomic mass is 32.2. The molecule has 4 aromatic heterocycles. The molecule has 0 unspecified atom stereocenters. The quantitative estimate of drug-likeness (QED) is 0.0158. The van der Waals surface area contributed by atoms with E-state index >= 15 is 4.79 Å². The lowest BCUT2D eigenvalue weighted by Crippen LogP contribution is -2.29. The molecule has 0 aliphatic heterocycles. The van der Waals surface area contributed by atoms with Crippen molar-refractivity contribution >= 4 is 143 Å². The van der Waals surface area contributed by atoms with Crippen LogP contribution in [0.5, 0.6) is 23.5 Å². The zero-order valence-electron chi connectivity index (χ0n) is 63.7. The summed E-state index contributed by atoms with van der Waals surface area (Å²) >= 11 is 0. The Morgan fingerprint density at radius 2 is 0.852 bits per heavy atom. The van der Waals surface area contributed by atoms with E-state index in [9.17, 15) is 62.9 Å². The number of pyridine rings is 2. The van der Waals surface area contributed by atoms with Crippen molar-refractivity contribution in [3.05, 3.63) is 325 Å². The number of fused-ring (bicyclic) bond motifs is 6. The molecule has 0 amide bonds. The smallest absolute Gasteiger partial charge is 0.328 e. The zero-order chi connectivity index (χ0) is 84.8. The van der Waals surface area contributed by atoms with Crippen LogP contribution in [0.4, 0.5) is 46.3 Å². The van der Waals surface area contributed by atoms with Crippen molar-refractivity contribution in [3.63, 3.8) is 0 Å². The molecule has 12 aromatic carbocycles. The summed E-state index contributed by atoms with van der Waals surface area (Å²) in [4.78, 5) is 114. The fourth-order valence-corrected chi connectivity index (χ4v) is 17.2. The molecule has 4 heterocycles. The van der Waals surface area contributed by atoms with Gasteiger partial charge in [0, 0.05) is 89.1 Å². The predicted molar refractivity (Wildman–Crippen MR) is 456 cm³/mol. The molecule has 122 heavy (non-hydrogen) atoms. The minimum Gasteiger partial charge on any atom is -0.424 e. The fourth-order valence-electron chi connectivity index (χ4n) is 15.4. The Bertz CT molecular complexity index is 7770. The maximum atomic E-state index is 15.0. The summed E-state index contributed by atoms with van der Waals surface area (Å²) in [5.41, 5.74) is -0.175. The third kappa shape index (κ3) is 14.6. The molecule has 0 saturated heterocycles. The van der Waals surface area contributed by atoms with Gasteiger partial charge in [-0.05, 0) is 135 Å². The molecule has 0 radical (unpaired) electrons. The van der Waals surface area contributed by atoms with Crippen molar-refractivity contribution in [3.8, 4) is 45.8 Å². The monoisotopic (exact) mass is 1680 g/mol. The van der Waals surface area contributed by atoms with Gasteiger partial charge in [0.2, 0.25) is 17.8 Å². The van der Waals surface area contributed by atoms with Gasteiger partial charge < -0.3 is 45.2 Å². The van der Waals surface area contributed by atoms with Crippen LogP contribution in [0, 0.1) is 0 Å².